The van der Waals surface area contributed by atoms with Crippen molar-refractivity contribution in [1.82, 2.24) is 29.4 Å². The molecule has 0 aliphatic carbocycles. The van der Waals surface area contributed by atoms with Crippen LogP contribution in [0.5, 0.6) is 0 Å². The van der Waals surface area contributed by atoms with Crippen LogP contribution in [0, 0.1) is 19.8 Å². The minimum Gasteiger partial charge on any atom is -0.373 e. The van der Waals surface area contributed by atoms with E-state index >= 15 is 0 Å². The summed E-state index contributed by atoms with van der Waals surface area (Å²) < 4.78 is 9.63. The van der Waals surface area contributed by atoms with Crippen molar-refractivity contribution in [2.24, 2.45) is 13.0 Å². The monoisotopic (exact) mass is 344 g/mol. The van der Waals surface area contributed by atoms with Gasteiger partial charge in [-0.3, -0.25) is 9.48 Å². The minimum absolute atomic E-state index is 0.127. The van der Waals surface area contributed by atoms with Gasteiger partial charge in [0, 0.05) is 38.5 Å². The summed E-state index contributed by atoms with van der Waals surface area (Å²) in [6.07, 6.45) is 5.34. The van der Waals surface area contributed by atoms with E-state index in [2.05, 4.69) is 15.2 Å². The molecule has 1 amide bonds. The second-order valence-electron chi connectivity index (χ2n) is 7.04. The first-order valence-corrected chi connectivity index (χ1v) is 8.81. The molecule has 2 aromatic rings. The molecule has 2 atom stereocenters. The number of aromatic nitrogens is 5. The lowest BCUT2D eigenvalue weighted by Crippen LogP contribution is -2.54. The second kappa shape index (κ2) is 6.25. The molecular weight excluding hydrogens is 320 g/mol. The fraction of sp³-hybridized carbons (Fsp3) is 0.647. The molecule has 0 unspecified atom stereocenters. The summed E-state index contributed by atoms with van der Waals surface area (Å²) in [5, 5.41) is 8.66. The van der Waals surface area contributed by atoms with E-state index in [1.165, 1.54) is 0 Å². The van der Waals surface area contributed by atoms with E-state index in [1.54, 1.807) is 10.9 Å². The van der Waals surface area contributed by atoms with Crippen molar-refractivity contribution in [3.8, 4) is 0 Å². The Morgan fingerprint density at radius 2 is 2.12 bits per heavy atom. The molecule has 0 spiro atoms. The lowest BCUT2D eigenvalue weighted by Gasteiger charge is -2.43. The number of carbonyl (C=O) groups excluding carboxylic acids is 1. The third kappa shape index (κ3) is 2.95. The Bertz CT molecular complexity index is 776. The third-order valence-electron chi connectivity index (χ3n) is 5.12. The summed E-state index contributed by atoms with van der Waals surface area (Å²) in [7, 11) is 1.88. The summed E-state index contributed by atoms with van der Waals surface area (Å²) in [5.41, 5.74) is 0.986. The van der Waals surface area contributed by atoms with Gasteiger partial charge in [-0.1, -0.05) is 0 Å². The predicted molar refractivity (Wildman–Crippen MR) is 89.7 cm³/mol. The van der Waals surface area contributed by atoms with Crippen molar-refractivity contribution in [2.45, 2.75) is 38.8 Å². The van der Waals surface area contributed by atoms with E-state index < -0.39 is 0 Å². The topological polar surface area (TPSA) is 78.1 Å². The maximum absolute atomic E-state index is 13.0. The van der Waals surface area contributed by atoms with Gasteiger partial charge in [-0.05, 0) is 26.7 Å². The molecule has 0 aromatic carbocycles. The number of hydrogen-bond donors (Lipinski definition) is 0. The highest BCUT2D eigenvalue weighted by Gasteiger charge is 2.41. The van der Waals surface area contributed by atoms with Crippen LogP contribution in [0.15, 0.2) is 12.4 Å². The van der Waals surface area contributed by atoms with Gasteiger partial charge in [0.2, 0.25) is 5.91 Å². The SMILES string of the molecule is Cc1nc(C)n(C2CN(C(=O)[C@@H]3CCCO[C@H]3c3cnn(C)c3)C2)n1. The largest absolute Gasteiger partial charge is 0.373 e. The van der Waals surface area contributed by atoms with E-state index in [0.29, 0.717) is 19.7 Å². The molecule has 2 aliphatic heterocycles. The first-order chi connectivity index (χ1) is 12.0. The Hall–Kier alpha value is -2.22. The zero-order chi connectivity index (χ0) is 17.6. The van der Waals surface area contributed by atoms with Gasteiger partial charge < -0.3 is 9.64 Å². The molecule has 2 saturated heterocycles. The average molecular weight is 344 g/mol. The Labute approximate surface area is 146 Å². The zero-order valence-corrected chi connectivity index (χ0v) is 14.9. The fourth-order valence-corrected chi connectivity index (χ4v) is 3.86. The van der Waals surface area contributed by atoms with Crippen LogP contribution in [0.1, 0.15) is 42.2 Å². The van der Waals surface area contributed by atoms with Crippen molar-refractivity contribution in [3.05, 3.63) is 29.6 Å². The quantitative estimate of drug-likeness (QED) is 0.835. The average Bonchev–Trinajstić information content (AvgIpc) is 3.11. The van der Waals surface area contributed by atoms with Gasteiger partial charge in [-0.25, -0.2) is 9.67 Å². The first kappa shape index (κ1) is 16.3. The molecule has 0 saturated carbocycles. The highest BCUT2D eigenvalue weighted by Crippen LogP contribution is 2.36. The Balaban J connectivity index is 1.44. The van der Waals surface area contributed by atoms with E-state index in [4.69, 9.17) is 4.74 Å². The molecule has 4 rings (SSSR count). The summed E-state index contributed by atoms with van der Waals surface area (Å²) >= 11 is 0. The predicted octanol–water partition coefficient (Wildman–Crippen LogP) is 1.18. The highest BCUT2D eigenvalue weighted by atomic mass is 16.5. The summed E-state index contributed by atoms with van der Waals surface area (Å²) in [5.74, 6) is 1.74. The van der Waals surface area contributed by atoms with Crippen molar-refractivity contribution < 1.29 is 9.53 Å². The van der Waals surface area contributed by atoms with Crippen molar-refractivity contribution in [1.29, 1.82) is 0 Å². The van der Waals surface area contributed by atoms with Crippen molar-refractivity contribution in [3.63, 3.8) is 0 Å². The van der Waals surface area contributed by atoms with E-state index in [9.17, 15) is 4.79 Å². The molecule has 0 N–H and O–H groups in total. The van der Waals surface area contributed by atoms with Gasteiger partial charge in [-0.2, -0.15) is 10.2 Å². The van der Waals surface area contributed by atoms with Crippen LogP contribution in [-0.2, 0) is 16.6 Å². The molecule has 0 radical (unpaired) electrons. The highest BCUT2D eigenvalue weighted by molar-refractivity contribution is 5.80. The molecule has 8 heteroatoms. The molecule has 134 valence electrons. The van der Waals surface area contributed by atoms with Crippen LogP contribution in [0.4, 0.5) is 0 Å². The molecule has 2 aromatic heterocycles. The van der Waals surface area contributed by atoms with E-state index in [-0.39, 0.29) is 24.0 Å². The first-order valence-electron chi connectivity index (χ1n) is 8.81. The van der Waals surface area contributed by atoms with Gasteiger partial charge >= 0.3 is 0 Å². The molecule has 8 nitrogen and oxygen atoms in total. The normalized spacial score (nSPS) is 24.4. The van der Waals surface area contributed by atoms with Gasteiger partial charge in [0.15, 0.2) is 0 Å². The van der Waals surface area contributed by atoms with Crippen LogP contribution in [0.3, 0.4) is 0 Å². The van der Waals surface area contributed by atoms with Crippen LogP contribution < -0.4 is 0 Å². The number of likely N-dealkylation sites (tertiary alicyclic amines) is 1. The van der Waals surface area contributed by atoms with Crippen LogP contribution in [0.25, 0.3) is 0 Å². The lowest BCUT2D eigenvalue weighted by molar-refractivity contribution is -0.151. The van der Waals surface area contributed by atoms with Gasteiger partial charge in [-0.15, -0.1) is 0 Å². The summed E-state index contributed by atoms with van der Waals surface area (Å²) in [4.78, 5) is 19.3. The second-order valence-corrected chi connectivity index (χ2v) is 7.04. The number of amides is 1. The van der Waals surface area contributed by atoms with Crippen LogP contribution >= 0.6 is 0 Å². The Morgan fingerprint density at radius 1 is 1.32 bits per heavy atom. The van der Waals surface area contributed by atoms with Crippen molar-refractivity contribution >= 4 is 5.91 Å². The molecule has 2 aliphatic rings. The standard InChI is InChI=1S/C17H24N6O2/c1-11-19-12(2)23(20-11)14-9-22(10-14)17(24)15-5-4-6-25-16(15)13-7-18-21(3)8-13/h7-8,14-16H,4-6,9-10H2,1-3H3/t15-,16+/m1/s1. The van der Waals surface area contributed by atoms with Crippen LogP contribution in [-0.4, -0.2) is 55.0 Å². The summed E-state index contributed by atoms with van der Waals surface area (Å²) in [6, 6.07) is 0.228. The lowest BCUT2D eigenvalue weighted by atomic mass is 9.88. The molecule has 0 bridgehead atoms. The van der Waals surface area contributed by atoms with Gasteiger partial charge in [0.25, 0.3) is 0 Å². The number of nitrogens with zero attached hydrogens (tertiary/aromatic N) is 6. The number of carbonyl (C=O) groups is 1. The molecule has 2 fully saturated rings. The number of aryl methyl sites for hydroxylation is 3. The van der Waals surface area contributed by atoms with Gasteiger partial charge in [0.1, 0.15) is 11.6 Å². The van der Waals surface area contributed by atoms with Crippen LogP contribution in [0.2, 0.25) is 0 Å². The number of hydrogen-bond acceptors (Lipinski definition) is 5. The van der Waals surface area contributed by atoms with Gasteiger partial charge in [0.05, 0.1) is 24.3 Å². The molecule has 25 heavy (non-hydrogen) atoms. The Kier molecular flexibility index (Phi) is 4.07. The smallest absolute Gasteiger partial charge is 0.228 e. The minimum atomic E-state index is -0.190. The maximum Gasteiger partial charge on any atom is 0.228 e. The number of ether oxygens (including phenoxy) is 1. The van der Waals surface area contributed by atoms with Crippen molar-refractivity contribution in [2.75, 3.05) is 19.7 Å². The molecule has 4 heterocycles. The molecular formula is C17H24N6O2. The maximum atomic E-state index is 13.0. The van der Waals surface area contributed by atoms with E-state index in [1.807, 2.05) is 36.7 Å². The zero-order valence-electron chi connectivity index (χ0n) is 14.9. The summed E-state index contributed by atoms with van der Waals surface area (Å²) in [6.45, 7) is 5.93. The van der Waals surface area contributed by atoms with E-state index in [0.717, 1.165) is 30.1 Å². The Morgan fingerprint density at radius 3 is 2.76 bits per heavy atom. The third-order valence-corrected chi connectivity index (χ3v) is 5.12. The number of rotatable bonds is 3. The fourth-order valence-electron chi connectivity index (χ4n) is 3.86.